The number of amides is 1. The Morgan fingerprint density at radius 1 is 0.608 bits per heavy atom. The van der Waals surface area contributed by atoms with Gasteiger partial charge < -0.3 is 44.6 Å². The summed E-state index contributed by atoms with van der Waals surface area (Å²) in [6, 6.07) is 11.7. The van der Waals surface area contributed by atoms with E-state index in [0.29, 0.717) is 11.1 Å². The van der Waals surface area contributed by atoms with Crippen LogP contribution in [0, 0.1) is 6.92 Å². The third kappa shape index (κ3) is 15.8. The normalized spacial score (nSPS) is 13.6. The van der Waals surface area contributed by atoms with Crippen molar-refractivity contribution < 1.29 is 185 Å². The minimum atomic E-state index is -5.47. The average molecular weight is 1170 g/mol. The van der Waals surface area contributed by atoms with Crippen LogP contribution >= 0.6 is 23.2 Å². The number of nitrogens with zero attached hydrogens (tertiary/aromatic N) is 10. The second kappa shape index (κ2) is 25.8. The number of para-hydroxylation sites is 2. The minimum Gasteiger partial charge on any atom is -0.744 e. The molecule has 0 saturated heterocycles. The summed E-state index contributed by atoms with van der Waals surface area (Å²) in [7, 11) is -20.8. The van der Waals surface area contributed by atoms with E-state index in [2.05, 4.69) is 66.5 Å². The molecule has 1 aliphatic heterocycles. The van der Waals surface area contributed by atoms with Crippen LogP contribution in [0.15, 0.2) is 114 Å². The smallest absolute Gasteiger partial charge is 0.744 e. The van der Waals surface area contributed by atoms with Crippen molar-refractivity contribution >= 4 is 139 Å². The molecule has 364 valence electrons. The van der Waals surface area contributed by atoms with Crippen molar-refractivity contribution in [3.05, 3.63) is 95.0 Å². The average Bonchev–Trinajstić information content (AvgIpc) is 3.57. The number of aromatic nitrogens is 6. The maximum atomic E-state index is 13.9. The maximum absolute atomic E-state index is 13.9. The number of azo groups is 1. The number of hydrazone groups is 1. The largest absolute Gasteiger partial charge is 1.00 e. The molecule has 3 heterocycles. The van der Waals surface area contributed by atoms with E-state index in [1.165, 1.54) is 43.3 Å². The van der Waals surface area contributed by atoms with Gasteiger partial charge in [0.2, 0.25) is 40.4 Å². The van der Waals surface area contributed by atoms with Crippen molar-refractivity contribution in [1.82, 2.24) is 29.9 Å². The summed E-state index contributed by atoms with van der Waals surface area (Å²) in [6.07, 6.45) is 0. The van der Waals surface area contributed by atoms with Gasteiger partial charge in [-0.2, -0.15) is 50.2 Å². The number of carboxylic acids is 1. The molecule has 39 heteroatoms. The Bertz CT molecular complexity index is 3730. The minimum absolute atomic E-state index is 0. The topological polar surface area (TPSA) is 449 Å². The summed E-state index contributed by atoms with van der Waals surface area (Å²) in [6.45, 7) is 1.25. The van der Waals surface area contributed by atoms with Gasteiger partial charge in [-0.15, -0.1) is 0 Å². The van der Waals surface area contributed by atoms with Gasteiger partial charge in [-0.25, -0.2) is 38.5 Å². The third-order valence-electron chi connectivity index (χ3n) is 9.03. The zero-order valence-electron chi connectivity index (χ0n) is 38.1. The molecule has 0 spiro atoms. The molecule has 0 aliphatic carbocycles. The first-order valence-corrected chi connectivity index (χ1v) is 24.8. The van der Waals surface area contributed by atoms with E-state index in [4.69, 9.17) is 23.2 Å². The molecule has 4 aromatic carbocycles. The number of anilines is 9. The fraction of sp³-hybridized carbons (Fsp3) is 0.0571. The van der Waals surface area contributed by atoms with Gasteiger partial charge in [0, 0.05) is 11.4 Å². The molecule has 5 N–H and O–H groups in total. The van der Waals surface area contributed by atoms with Crippen LogP contribution in [-0.2, 0) is 50.1 Å². The molecule has 7 rings (SSSR count). The quantitative estimate of drug-likeness (QED) is 0.0341. The number of halogens is 2. The molecule has 1 unspecified atom stereocenters. The number of rotatable bonds is 16. The Kier molecular flexibility index (Phi) is 22.6. The third-order valence-corrected chi connectivity index (χ3v) is 12.8. The number of aliphatic carboxylic acids is 1. The van der Waals surface area contributed by atoms with Gasteiger partial charge in [0.15, 0.2) is 5.71 Å². The molecule has 1 aliphatic rings. The number of carboxylic acid groups (broad SMARTS) is 1. The van der Waals surface area contributed by atoms with E-state index in [9.17, 15) is 66.6 Å². The van der Waals surface area contributed by atoms with Crippen molar-refractivity contribution in [2.45, 2.75) is 32.5 Å². The summed E-state index contributed by atoms with van der Waals surface area (Å²) in [5.41, 5.74) is -3.54. The van der Waals surface area contributed by atoms with Gasteiger partial charge in [-0.3, -0.25) is 4.79 Å². The second-order valence-corrected chi connectivity index (χ2v) is 19.8. The molecule has 2 aromatic heterocycles. The van der Waals surface area contributed by atoms with Crippen molar-refractivity contribution in [3.63, 3.8) is 0 Å². The first kappa shape index (κ1) is 64.8. The number of carbonyl (C=O) groups excluding carboxylic acids is 1. The molecule has 1 atom stereocenters. The Morgan fingerprint density at radius 2 is 1.05 bits per heavy atom. The Hall–Kier alpha value is -3.47. The fourth-order valence-electron chi connectivity index (χ4n) is 6.03. The molecule has 0 radical (unpaired) electrons. The predicted molar refractivity (Wildman–Crippen MR) is 236 cm³/mol. The Morgan fingerprint density at radius 3 is 1.50 bits per heavy atom. The van der Waals surface area contributed by atoms with Crippen molar-refractivity contribution in [2.75, 3.05) is 26.3 Å². The molecular weight excluding hydrogens is 1150 g/mol. The van der Waals surface area contributed by atoms with E-state index in [0.717, 1.165) is 36.4 Å². The van der Waals surface area contributed by atoms with Crippen molar-refractivity contribution in [3.8, 4) is 0 Å². The van der Waals surface area contributed by atoms with E-state index in [1.807, 2.05) is 0 Å². The summed E-state index contributed by atoms with van der Waals surface area (Å²) in [4.78, 5) is 46.2. The SMILES string of the molecule is Cc1c(Nc2nc(Cl)nc(Nc3ccccc3S(=O)(=O)[O-])n2)cc(S(=O)(=O)[O-])cc1N1N=C(C(=O)O)C(N=Nc2ccc(Nc3nc(Cl)nc(Nc4ccccc4S(=O)(=O)[O-])n3)cc2S(=O)(=O)[O-])C1=O.[Na+].[Na+].[Na+].[Na+]. The Balaban J connectivity index is 0.00000361. The summed E-state index contributed by atoms with van der Waals surface area (Å²) >= 11 is 12.1. The summed E-state index contributed by atoms with van der Waals surface area (Å²) in [5.74, 6) is -4.97. The first-order valence-electron chi connectivity index (χ1n) is 18.4. The van der Waals surface area contributed by atoms with E-state index < -0.39 is 129 Å². The zero-order valence-corrected chi connectivity index (χ0v) is 50.9. The molecule has 74 heavy (non-hydrogen) atoms. The maximum Gasteiger partial charge on any atom is 1.00 e. The molecule has 0 fully saturated rings. The van der Waals surface area contributed by atoms with E-state index in [-0.39, 0.29) is 147 Å². The van der Waals surface area contributed by atoms with Crippen LogP contribution in [0.4, 0.5) is 57.9 Å². The van der Waals surface area contributed by atoms with Gasteiger partial charge >= 0.3 is 124 Å². The zero-order chi connectivity index (χ0) is 51.1. The van der Waals surface area contributed by atoms with Gasteiger partial charge in [-0.1, -0.05) is 24.3 Å². The van der Waals surface area contributed by atoms with Crippen molar-refractivity contribution in [2.24, 2.45) is 15.3 Å². The number of hydrogen-bond acceptors (Lipinski definition) is 27. The van der Waals surface area contributed by atoms with Crippen LogP contribution in [0.2, 0.25) is 10.6 Å². The molecule has 29 nitrogen and oxygen atoms in total. The molecule has 6 aromatic rings. The summed E-state index contributed by atoms with van der Waals surface area (Å²) in [5, 5.41) is 30.6. The fourth-order valence-corrected chi connectivity index (χ4v) is 8.77. The monoisotopic (exact) mass is 1170 g/mol. The van der Waals surface area contributed by atoms with Gasteiger partial charge in [0.1, 0.15) is 46.2 Å². The van der Waals surface area contributed by atoms with Crippen LogP contribution in [0.25, 0.3) is 0 Å². The van der Waals surface area contributed by atoms with Gasteiger partial charge in [0.05, 0.1) is 36.6 Å². The van der Waals surface area contributed by atoms with Crippen LogP contribution in [-0.4, -0.2) is 111 Å². The molecule has 0 saturated carbocycles. The second-order valence-electron chi connectivity index (χ2n) is 13.7. The number of benzene rings is 4. The summed E-state index contributed by atoms with van der Waals surface area (Å²) < 4.78 is 145. The standard InChI is InChI=1S/C35H26Cl2N14O15S4.4Na/c1-15-21(41-35-45-31(37)44-34(47-35)40-19-7-3-5-9-24(19)69(61,62)63)13-17(67(55,56)57)14-22(15)51-28(52)26(27(50-51)29(53)54)49-48-20-11-10-16(12-25(20)70(64,65)66)38-32-42-30(36)43-33(46-32)39-18-6-2-4-8-23(18)68(58,59)60;;;;/h2-14,26H,1H3,(H,53,54)(H,55,56,57)(H,58,59,60)(H,61,62,63)(H,64,65,66)(H2,38,39,42,43,46)(H2,40,41,44,45,47);;;;/q;4*+1/p-4. The first-order chi connectivity index (χ1) is 32.6. The van der Waals surface area contributed by atoms with E-state index >= 15 is 0 Å². The Labute approximate surface area is 516 Å². The van der Waals surface area contributed by atoms with Gasteiger partial charge in [0.25, 0.3) is 5.91 Å². The predicted octanol–water partition coefficient (Wildman–Crippen LogP) is -8.78. The van der Waals surface area contributed by atoms with Gasteiger partial charge in [-0.05, 0) is 90.3 Å². The molecular formula is C35H22Cl2N14Na4O15S4. The van der Waals surface area contributed by atoms with E-state index in [1.54, 1.807) is 0 Å². The van der Waals surface area contributed by atoms with Crippen LogP contribution in [0.1, 0.15) is 5.56 Å². The van der Waals surface area contributed by atoms with Crippen LogP contribution in [0.5, 0.6) is 0 Å². The number of nitrogens with one attached hydrogen (secondary N) is 4. The molecule has 1 amide bonds. The number of hydrogen-bond donors (Lipinski definition) is 5. The van der Waals surface area contributed by atoms with Crippen LogP contribution < -0.4 is 145 Å². The number of carbonyl (C=O) groups is 2. The molecule has 0 bridgehead atoms. The van der Waals surface area contributed by atoms with Crippen LogP contribution in [0.3, 0.4) is 0 Å². The van der Waals surface area contributed by atoms with Crippen molar-refractivity contribution in [1.29, 1.82) is 0 Å².